The molecule has 0 unspecified atom stereocenters. The molecule has 0 bridgehead atoms. The van der Waals surface area contributed by atoms with Crippen LogP contribution in [0.3, 0.4) is 0 Å². The van der Waals surface area contributed by atoms with Crippen molar-refractivity contribution in [3.8, 4) is 17.4 Å². The monoisotopic (exact) mass is 351 g/mol. The first-order valence-electron chi connectivity index (χ1n) is 6.40. The number of carbonyl (C=O) groups is 1. The van der Waals surface area contributed by atoms with Gasteiger partial charge in [0.15, 0.2) is 11.5 Å². The van der Waals surface area contributed by atoms with Gasteiger partial charge in [-0.25, -0.2) is 9.78 Å². The van der Waals surface area contributed by atoms with Crippen LogP contribution in [0.25, 0.3) is 0 Å². The molecular formula is C15H14BrNO4. The van der Waals surface area contributed by atoms with Crippen LogP contribution in [0, 0.1) is 0 Å². The van der Waals surface area contributed by atoms with E-state index in [1.165, 1.54) is 12.3 Å². The Morgan fingerprint density at radius 1 is 1.33 bits per heavy atom. The van der Waals surface area contributed by atoms with Crippen molar-refractivity contribution in [2.24, 2.45) is 0 Å². The Bertz CT molecular complexity index is 645. The number of nitrogens with zero attached hydrogens (tertiary/aromatic N) is 1. The lowest BCUT2D eigenvalue weighted by atomic mass is 10.2. The minimum atomic E-state index is -1.11. The molecule has 1 heterocycles. The maximum absolute atomic E-state index is 11.2. The molecule has 6 heteroatoms. The third-order valence-corrected chi connectivity index (χ3v) is 3.00. The van der Waals surface area contributed by atoms with E-state index in [-0.39, 0.29) is 11.4 Å². The van der Waals surface area contributed by atoms with Crippen LogP contribution in [0.5, 0.6) is 17.4 Å². The van der Waals surface area contributed by atoms with Crippen LogP contribution in [0.4, 0.5) is 0 Å². The smallest absolute Gasteiger partial charge is 0.341 e. The number of aromatic nitrogens is 1. The largest absolute Gasteiger partial charge is 0.490 e. The molecule has 2 aromatic rings. The summed E-state index contributed by atoms with van der Waals surface area (Å²) in [7, 11) is 0. The molecule has 0 amide bonds. The fourth-order valence-corrected chi connectivity index (χ4v) is 1.96. The highest BCUT2D eigenvalue weighted by molar-refractivity contribution is 9.10. The molecule has 0 aliphatic carbocycles. The standard InChI is InChI=1S/C15H14BrNO4/c1-2-7-20-12-5-3-4-6-13(12)21-14-11(15(18)19)8-10(16)9-17-14/h3-6,8-9H,2,7H2,1H3,(H,18,19). The number of halogens is 1. The van der Waals surface area contributed by atoms with Gasteiger partial charge in [-0.2, -0.15) is 0 Å². The van der Waals surface area contributed by atoms with Gasteiger partial charge in [0.2, 0.25) is 5.88 Å². The van der Waals surface area contributed by atoms with E-state index in [1.54, 1.807) is 18.2 Å². The fraction of sp³-hybridized carbons (Fsp3) is 0.200. The second-order valence-corrected chi connectivity index (χ2v) is 5.12. The van der Waals surface area contributed by atoms with Crippen LogP contribution >= 0.6 is 15.9 Å². The van der Waals surface area contributed by atoms with Crippen molar-refractivity contribution in [2.75, 3.05) is 6.61 Å². The second-order valence-electron chi connectivity index (χ2n) is 4.21. The van der Waals surface area contributed by atoms with Crippen molar-refractivity contribution >= 4 is 21.9 Å². The van der Waals surface area contributed by atoms with Crippen molar-refractivity contribution in [3.05, 3.63) is 46.6 Å². The first-order chi connectivity index (χ1) is 10.1. The Balaban J connectivity index is 2.32. The van der Waals surface area contributed by atoms with Gasteiger partial charge in [-0.05, 0) is 40.5 Å². The zero-order valence-corrected chi connectivity index (χ0v) is 13.0. The third kappa shape index (κ3) is 3.95. The average Bonchev–Trinajstić information content (AvgIpc) is 2.48. The Morgan fingerprint density at radius 3 is 2.71 bits per heavy atom. The van der Waals surface area contributed by atoms with Crippen LogP contribution in [-0.2, 0) is 0 Å². The number of hydrogen-bond donors (Lipinski definition) is 1. The summed E-state index contributed by atoms with van der Waals surface area (Å²) in [6.45, 7) is 2.56. The van der Waals surface area contributed by atoms with Gasteiger partial charge in [0.25, 0.3) is 0 Å². The van der Waals surface area contributed by atoms with Crippen molar-refractivity contribution in [1.29, 1.82) is 0 Å². The van der Waals surface area contributed by atoms with Gasteiger partial charge in [-0.3, -0.25) is 0 Å². The highest BCUT2D eigenvalue weighted by Gasteiger charge is 2.16. The van der Waals surface area contributed by atoms with E-state index in [0.29, 0.717) is 22.6 Å². The van der Waals surface area contributed by atoms with Gasteiger partial charge in [0.1, 0.15) is 5.56 Å². The van der Waals surface area contributed by atoms with Crippen LogP contribution in [-0.4, -0.2) is 22.7 Å². The predicted octanol–water partition coefficient (Wildman–Crippen LogP) is 4.12. The molecular weight excluding hydrogens is 338 g/mol. The molecule has 0 aliphatic heterocycles. The number of hydrogen-bond acceptors (Lipinski definition) is 4. The summed E-state index contributed by atoms with van der Waals surface area (Å²) in [5.41, 5.74) is -0.0188. The predicted molar refractivity (Wildman–Crippen MR) is 81.2 cm³/mol. The number of ether oxygens (including phenoxy) is 2. The normalized spacial score (nSPS) is 10.2. The van der Waals surface area contributed by atoms with Crippen molar-refractivity contribution < 1.29 is 19.4 Å². The quantitative estimate of drug-likeness (QED) is 0.847. The van der Waals surface area contributed by atoms with E-state index < -0.39 is 5.97 Å². The van der Waals surface area contributed by atoms with E-state index in [9.17, 15) is 9.90 Å². The molecule has 110 valence electrons. The molecule has 1 aromatic heterocycles. The molecule has 0 atom stereocenters. The van der Waals surface area contributed by atoms with Crippen LogP contribution < -0.4 is 9.47 Å². The van der Waals surface area contributed by atoms with E-state index >= 15 is 0 Å². The number of rotatable bonds is 6. The Morgan fingerprint density at radius 2 is 2.05 bits per heavy atom. The minimum absolute atomic E-state index is 0.0188. The number of carboxylic acids is 1. The third-order valence-electron chi connectivity index (χ3n) is 2.57. The van der Waals surface area contributed by atoms with E-state index in [1.807, 2.05) is 13.0 Å². The maximum Gasteiger partial charge on any atom is 0.341 e. The van der Waals surface area contributed by atoms with E-state index in [0.717, 1.165) is 6.42 Å². The Hall–Kier alpha value is -2.08. The molecule has 0 saturated heterocycles. The van der Waals surface area contributed by atoms with Gasteiger partial charge in [-0.1, -0.05) is 19.1 Å². The Kier molecular flexibility index (Phi) is 5.16. The number of pyridine rings is 1. The summed E-state index contributed by atoms with van der Waals surface area (Å²) >= 11 is 3.19. The molecule has 0 saturated carbocycles. The first-order valence-corrected chi connectivity index (χ1v) is 7.19. The van der Waals surface area contributed by atoms with Crippen molar-refractivity contribution in [3.63, 3.8) is 0 Å². The summed E-state index contributed by atoms with van der Waals surface area (Å²) in [5, 5.41) is 9.21. The molecule has 0 spiro atoms. The topological polar surface area (TPSA) is 68.7 Å². The number of benzene rings is 1. The second kappa shape index (κ2) is 7.08. The zero-order valence-electron chi connectivity index (χ0n) is 11.4. The summed E-state index contributed by atoms with van der Waals surface area (Å²) in [6, 6.07) is 8.53. The van der Waals surface area contributed by atoms with Gasteiger partial charge in [-0.15, -0.1) is 0 Å². The lowest BCUT2D eigenvalue weighted by Crippen LogP contribution is -2.03. The number of para-hydroxylation sites is 2. The van der Waals surface area contributed by atoms with Gasteiger partial charge in [0, 0.05) is 10.7 Å². The zero-order chi connectivity index (χ0) is 15.2. The molecule has 0 aliphatic rings. The highest BCUT2D eigenvalue weighted by atomic mass is 79.9. The first kappa shape index (κ1) is 15.3. The molecule has 1 N–H and O–H groups in total. The summed E-state index contributed by atoms with van der Waals surface area (Å²) < 4.78 is 11.8. The average molecular weight is 352 g/mol. The fourth-order valence-electron chi connectivity index (χ4n) is 1.63. The lowest BCUT2D eigenvalue weighted by Gasteiger charge is -2.12. The SMILES string of the molecule is CCCOc1ccccc1Oc1ncc(Br)cc1C(=O)O. The molecule has 1 aromatic carbocycles. The van der Waals surface area contributed by atoms with Gasteiger partial charge in [0.05, 0.1) is 6.61 Å². The minimum Gasteiger partial charge on any atom is -0.490 e. The lowest BCUT2D eigenvalue weighted by molar-refractivity contribution is 0.0693. The molecule has 0 radical (unpaired) electrons. The molecule has 21 heavy (non-hydrogen) atoms. The van der Waals surface area contributed by atoms with Crippen molar-refractivity contribution in [1.82, 2.24) is 4.98 Å². The summed E-state index contributed by atoms with van der Waals surface area (Å²) in [4.78, 5) is 15.3. The van der Waals surface area contributed by atoms with Crippen LogP contribution in [0.1, 0.15) is 23.7 Å². The highest BCUT2D eigenvalue weighted by Crippen LogP contribution is 2.32. The number of aromatic carboxylic acids is 1. The molecule has 0 fully saturated rings. The summed E-state index contributed by atoms with van der Waals surface area (Å²) in [5.74, 6) is -0.0901. The van der Waals surface area contributed by atoms with E-state index in [4.69, 9.17) is 9.47 Å². The maximum atomic E-state index is 11.2. The van der Waals surface area contributed by atoms with E-state index in [2.05, 4.69) is 20.9 Å². The van der Waals surface area contributed by atoms with Gasteiger partial charge >= 0.3 is 5.97 Å². The molecule has 2 rings (SSSR count). The van der Waals surface area contributed by atoms with Crippen LogP contribution in [0.2, 0.25) is 0 Å². The molecule has 5 nitrogen and oxygen atoms in total. The van der Waals surface area contributed by atoms with Crippen LogP contribution in [0.15, 0.2) is 41.0 Å². The van der Waals surface area contributed by atoms with Gasteiger partial charge < -0.3 is 14.6 Å². The van der Waals surface area contributed by atoms with Crippen molar-refractivity contribution in [2.45, 2.75) is 13.3 Å². The summed E-state index contributed by atoms with van der Waals surface area (Å²) in [6.07, 6.45) is 2.35. The number of carboxylic acid groups (broad SMARTS) is 1. The Labute approximate surface area is 130 Å².